The summed E-state index contributed by atoms with van der Waals surface area (Å²) < 4.78 is 15.0. The Morgan fingerprint density at radius 3 is 2.43 bits per heavy atom. The van der Waals surface area contributed by atoms with Crippen molar-refractivity contribution in [3.63, 3.8) is 0 Å². The molecule has 2 atom stereocenters. The van der Waals surface area contributed by atoms with Crippen LogP contribution in [-0.2, 0) is 4.79 Å². The highest BCUT2D eigenvalue weighted by atomic mass is 32.1. The maximum absolute atomic E-state index is 13.2. The van der Waals surface area contributed by atoms with E-state index in [0.717, 1.165) is 0 Å². The van der Waals surface area contributed by atoms with Crippen LogP contribution < -0.4 is 9.88 Å². The average Bonchev–Trinajstić information content (AvgIpc) is 2.56. The number of nitriles is 1. The molecule has 114 valence electrons. The van der Waals surface area contributed by atoms with Crippen LogP contribution in [0.2, 0.25) is 0 Å². The van der Waals surface area contributed by atoms with E-state index >= 15 is 0 Å². The smallest absolute Gasteiger partial charge is 0.294 e. The van der Waals surface area contributed by atoms with Crippen LogP contribution in [0.25, 0.3) is 0 Å². The number of nitrogens with one attached hydrogen (secondary N) is 1. The van der Waals surface area contributed by atoms with Crippen molar-refractivity contribution in [1.82, 2.24) is 5.32 Å². The molecule has 0 fully saturated rings. The van der Waals surface area contributed by atoms with Gasteiger partial charge >= 0.3 is 0 Å². The second kappa shape index (κ2) is 6.23. The molecule has 0 saturated carbocycles. The van der Waals surface area contributed by atoms with Crippen molar-refractivity contribution >= 4 is 18.5 Å². The fraction of sp³-hybridized carbons (Fsp3) is 0.118. The third kappa shape index (κ3) is 2.83. The number of nitrogens with zero attached hydrogens (tertiary/aromatic N) is 2. The monoisotopic (exact) mass is 326 g/mol. The van der Waals surface area contributed by atoms with E-state index in [0.29, 0.717) is 11.1 Å². The molecule has 0 spiro atoms. The van der Waals surface area contributed by atoms with Crippen LogP contribution in [0.4, 0.5) is 4.39 Å². The lowest BCUT2D eigenvalue weighted by atomic mass is 9.83. The van der Waals surface area contributed by atoms with Crippen molar-refractivity contribution < 1.29 is 13.8 Å². The number of pyridine rings is 1. The van der Waals surface area contributed by atoms with Gasteiger partial charge in [-0.05, 0) is 17.7 Å². The van der Waals surface area contributed by atoms with E-state index in [4.69, 9.17) is 0 Å². The molecule has 23 heavy (non-hydrogen) atoms. The number of hydrogen-bond donors (Lipinski definition) is 2. The van der Waals surface area contributed by atoms with E-state index in [2.05, 4.69) is 24.0 Å². The fourth-order valence-corrected chi connectivity index (χ4v) is 3.06. The van der Waals surface area contributed by atoms with Gasteiger partial charge in [0, 0.05) is 12.1 Å². The summed E-state index contributed by atoms with van der Waals surface area (Å²) in [7, 11) is 0. The Morgan fingerprint density at radius 2 is 1.83 bits per heavy atom. The number of amides is 1. The van der Waals surface area contributed by atoms with Crippen molar-refractivity contribution in [2.45, 2.75) is 12.0 Å². The quantitative estimate of drug-likeness (QED) is 0.657. The first-order chi connectivity index (χ1) is 11.1. The van der Waals surface area contributed by atoms with E-state index in [-0.39, 0.29) is 16.8 Å². The summed E-state index contributed by atoms with van der Waals surface area (Å²) in [5.74, 6) is -1.17. The normalized spacial score (nSPS) is 20.8. The van der Waals surface area contributed by atoms with Crippen LogP contribution in [0, 0.1) is 17.1 Å². The van der Waals surface area contributed by atoms with E-state index in [1.807, 2.05) is 6.07 Å². The number of thiol groups is 1. The molecule has 1 aromatic carbocycles. The molecule has 1 N–H and O–H groups in total. The van der Waals surface area contributed by atoms with Crippen molar-refractivity contribution in [2.24, 2.45) is 0 Å². The van der Waals surface area contributed by atoms with Crippen molar-refractivity contribution in [3.8, 4) is 6.07 Å². The van der Waals surface area contributed by atoms with Crippen LogP contribution in [-0.4, -0.2) is 5.91 Å². The first-order valence-electron chi connectivity index (χ1n) is 6.97. The van der Waals surface area contributed by atoms with E-state index in [9.17, 15) is 14.4 Å². The zero-order valence-electron chi connectivity index (χ0n) is 12.0. The van der Waals surface area contributed by atoms with Crippen molar-refractivity contribution in [2.75, 3.05) is 0 Å². The topological polar surface area (TPSA) is 56.8 Å². The van der Waals surface area contributed by atoms with E-state index in [1.165, 1.54) is 12.1 Å². The molecule has 0 radical (unpaired) electrons. The minimum Gasteiger partial charge on any atom is -0.314 e. The van der Waals surface area contributed by atoms with Crippen molar-refractivity contribution in [1.29, 1.82) is 5.26 Å². The summed E-state index contributed by atoms with van der Waals surface area (Å²) >= 11 is 4.22. The van der Waals surface area contributed by atoms with E-state index in [1.54, 1.807) is 41.2 Å². The summed E-state index contributed by atoms with van der Waals surface area (Å²) in [5, 5.41) is 12.4. The Kier molecular flexibility index (Phi) is 4.13. The van der Waals surface area contributed by atoms with Gasteiger partial charge in [-0.25, -0.2) is 4.39 Å². The molecule has 4 nitrogen and oxygen atoms in total. The number of rotatable bonds is 2. The standard InChI is InChI=1S/C17H12FN3OS/c18-12-6-4-11(5-7-12)14-13(10-19)17(23)20-16(22)15(14)21-8-2-1-3-9-21/h1-9,14-15H,(H-,20,22,23)/p+1/t14-,15+/m0/s1. The largest absolute Gasteiger partial charge is 0.314 e. The molecule has 3 rings (SSSR count). The molecular weight excluding hydrogens is 313 g/mol. The number of aromatic nitrogens is 1. The van der Waals surface area contributed by atoms with Crippen LogP contribution in [0.15, 0.2) is 65.5 Å². The molecule has 2 aromatic rings. The Hall–Kier alpha value is -2.65. The summed E-state index contributed by atoms with van der Waals surface area (Å²) in [4.78, 5) is 12.5. The highest BCUT2D eigenvalue weighted by Crippen LogP contribution is 2.37. The first kappa shape index (κ1) is 15.3. The predicted octanol–water partition coefficient (Wildman–Crippen LogP) is 2.23. The highest BCUT2D eigenvalue weighted by Gasteiger charge is 2.44. The third-order valence-corrected chi connectivity index (χ3v) is 4.15. The van der Waals surface area contributed by atoms with Gasteiger partial charge in [-0.15, -0.1) is 12.6 Å². The Morgan fingerprint density at radius 1 is 1.17 bits per heavy atom. The highest BCUT2D eigenvalue weighted by molar-refractivity contribution is 7.84. The lowest BCUT2D eigenvalue weighted by Gasteiger charge is -2.27. The van der Waals surface area contributed by atoms with Gasteiger partial charge in [0.2, 0.25) is 6.04 Å². The molecule has 0 aliphatic carbocycles. The average molecular weight is 326 g/mol. The number of hydrogen-bond acceptors (Lipinski definition) is 3. The van der Waals surface area contributed by atoms with Gasteiger partial charge in [0.1, 0.15) is 5.82 Å². The van der Waals surface area contributed by atoms with Gasteiger partial charge in [-0.3, -0.25) is 4.79 Å². The Labute approximate surface area is 138 Å². The van der Waals surface area contributed by atoms with Gasteiger partial charge in [0.05, 0.1) is 22.6 Å². The third-order valence-electron chi connectivity index (χ3n) is 3.80. The number of carbonyl (C=O) groups excluding carboxylic acids is 1. The fourth-order valence-electron chi connectivity index (χ4n) is 2.76. The summed E-state index contributed by atoms with van der Waals surface area (Å²) in [6.07, 6.45) is 3.53. The summed E-state index contributed by atoms with van der Waals surface area (Å²) in [5.41, 5.74) is 1.03. The second-order valence-electron chi connectivity index (χ2n) is 5.16. The van der Waals surface area contributed by atoms with Gasteiger partial charge in [-0.1, -0.05) is 18.2 Å². The van der Waals surface area contributed by atoms with Crippen LogP contribution in [0.5, 0.6) is 0 Å². The Balaban J connectivity index is 2.18. The van der Waals surface area contributed by atoms with Crippen molar-refractivity contribution in [3.05, 3.63) is 76.8 Å². The molecule has 0 saturated heterocycles. The zero-order chi connectivity index (χ0) is 16.4. The Bertz CT molecular complexity index is 812. The molecule has 6 heteroatoms. The van der Waals surface area contributed by atoms with Gasteiger partial charge in [-0.2, -0.15) is 9.83 Å². The van der Waals surface area contributed by atoms with Crippen LogP contribution in [0.3, 0.4) is 0 Å². The van der Waals surface area contributed by atoms with Gasteiger partial charge < -0.3 is 5.32 Å². The molecular formula is C17H13FN3OS+. The van der Waals surface area contributed by atoms with Crippen LogP contribution >= 0.6 is 12.6 Å². The minimum absolute atomic E-state index is 0.236. The number of carbonyl (C=O) groups is 1. The molecule has 1 amide bonds. The summed E-state index contributed by atoms with van der Waals surface area (Å²) in [6, 6.07) is 12.8. The lowest BCUT2D eigenvalue weighted by Crippen LogP contribution is -2.53. The molecule has 2 heterocycles. The molecule has 1 aromatic heterocycles. The van der Waals surface area contributed by atoms with E-state index < -0.39 is 12.0 Å². The summed E-state index contributed by atoms with van der Waals surface area (Å²) in [6.45, 7) is 0. The number of benzene rings is 1. The maximum atomic E-state index is 13.2. The predicted molar refractivity (Wildman–Crippen MR) is 84.6 cm³/mol. The van der Waals surface area contributed by atoms with Gasteiger partial charge in [0.15, 0.2) is 12.4 Å². The first-order valence-corrected chi connectivity index (χ1v) is 7.42. The lowest BCUT2D eigenvalue weighted by molar-refractivity contribution is -0.711. The molecule has 1 aliphatic heterocycles. The molecule has 1 aliphatic rings. The SMILES string of the molecule is N#CC1=C(S)NC(=O)[C@H]([n+]2ccccc2)[C@H]1c1ccc(F)cc1. The number of halogens is 1. The maximum Gasteiger partial charge on any atom is 0.294 e. The zero-order valence-corrected chi connectivity index (χ0v) is 12.9. The number of allylic oxidation sites excluding steroid dienone is 1. The molecule has 0 bridgehead atoms. The van der Waals surface area contributed by atoms with Crippen LogP contribution in [0.1, 0.15) is 17.5 Å². The second-order valence-corrected chi connectivity index (χ2v) is 5.61. The molecule has 0 unspecified atom stereocenters. The minimum atomic E-state index is -0.646. The van der Waals surface area contributed by atoms with Gasteiger partial charge in [0.25, 0.3) is 5.91 Å².